The van der Waals surface area contributed by atoms with Gasteiger partial charge in [0, 0.05) is 23.1 Å². The summed E-state index contributed by atoms with van der Waals surface area (Å²) in [6.45, 7) is 10.5. The molecule has 2 heterocycles. The number of benzene rings is 1. The third-order valence-electron chi connectivity index (χ3n) is 5.20. The molecule has 5 nitrogen and oxygen atoms in total. The zero-order valence-corrected chi connectivity index (χ0v) is 17.7. The van der Waals surface area contributed by atoms with Gasteiger partial charge in [-0.1, -0.05) is 26.0 Å². The first-order valence-electron chi connectivity index (χ1n) is 9.91. The summed E-state index contributed by atoms with van der Waals surface area (Å²) in [4.78, 5) is 26.1. The smallest absolute Gasteiger partial charge is 0.261 e. The second kappa shape index (κ2) is 8.52. The van der Waals surface area contributed by atoms with Crippen LogP contribution < -0.4 is 10.7 Å². The Morgan fingerprint density at radius 3 is 2.55 bits per heavy atom. The molecule has 1 aromatic carbocycles. The van der Waals surface area contributed by atoms with Gasteiger partial charge in [0.05, 0.1) is 12.8 Å². The van der Waals surface area contributed by atoms with Crippen molar-refractivity contribution in [3.63, 3.8) is 0 Å². The number of nitrogens with one attached hydrogen (secondary N) is 1. The molecule has 0 bridgehead atoms. The molecule has 1 N–H and O–H groups in total. The Hall–Kier alpha value is -3.08. The number of nitrogens with zero attached hydrogens (tertiary/aromatic N) is 1. The summed E-state index contributed by atoms with van der Waals surface area (Å²) in [5.74, 6) is 0.696. The summed E-state index contributed by atoms with van der Waals surface area (Å²) in [6.07, 6.45) is 2.25. The second-order valence-electron chi connectivity index (χ2n) is 7.94. The lowest BCUT2D eigenvalue weighted by Gasteiger charge is -2.21. The van der Waals surface area contributed by atoms with Crippen LogP contribution in [0.15, 0.2) is 51.9 Å². The molecule has 0 saturated carbocycles. The van der Waals surface area contributed by atoms with Gasteiger partial charge in [-0.3, -0.25) is 9.59 Å². The normalized spacial score (nSPS) is 11.1. The SMILES string of the molecule is Cc1cccc(NC(=O)c2c(CC(C)C)n(Cc3ccco3)c(C)cc2=O)c1C. The topological polar surface area (TPSA) is 64.2 Å². The number of aryl methyl sites for hydroxylation is 2. The zero-order valence-electron chi connectivity index (χ0n) is 17.7. The molecule has 1 amide bonds. The fourth-order valence-electron chi connectivity index (χ4n) is 3.52. The molecule has 5 heteroatoms. The third-order valence-corrected chi connectivity index (χ3v) is 5.20. The van der Waals surface area contributed by atoms with Gasteiger partial charge in [-0.05, 0) is 62.4 Å². The second-order valence-corrected chi connectivity index (χ2v) is 7.94. The van der Waals surface area contributed by atoms with Crippen molar-refractivity contribution in [3.05, 3.63) is 86.7 Å². The van der Waals surface area contributed by atoms with Crippen LogP contribution in [0.5, 0.6) is 0 Å². The van der Waals surface area contributed by atoms with Crippen molar-refractivity contribution in [1.82, 2.24) is 4.57 Å². The highest BCUT2D eigenvalue weighted by Gasteiger charge is 2.22. The molecule has 3 aromatic rings. The van der Waals surface area contributed by atoms with Crippen LogP contribution in [0.1, 0.15) is 52.5 Å². The molecule has 0 aliphatic heterocycles. The minimum absolute atomic E-state index is 0.205. The highest BCUT2D eigenvalue weighted by Crippen LogP contribution is 2.21. The molecule has 29 heavy (non-hydrogen) atoms. The van der Waals surface area contributed by atoms with Gasteiger partial charge < -0.3 is 14.3 Å². The van der Waals surface area contributed by atoms with Gasteiger partial charge in [-0.25, -0.2) is 0 Å². The summed E-state index contributed by atoms with van der Waals surface area (Å²) < 4.78 is 7.52. The van der Waals surface area contributed by atoms with Gasteiger partial charge in [0.2, 0.25) is 0 Å². The third kappa shape index (κ3) is 4.50. The van der Waals surface area contributed by atoms with Crippen molar-refractivity contribution >= 4 is 11.6 Å². The van der Waals surface area contributed by atoms with Crippen molar-refractivity contribution in [2.24, 2.45) is 5.92 Å². The van der Waals surface area contributed by atoms with E-state index in [1.807, 2.05) is 55.7 Å². The Morgan fingerprint density at radius 1 is 1.14 bits per heavy atom. The summed E-state index contributed by atoms with van der Waals surface area (Å²) in [5.41, 5.74) is 4.31. The quantitative estimate of drug-likeness (QED) is 0.651. The number of pyridine rings is 1. The maximum atomic E-state index is 13.2. The van der Waals surface area contributed by atoms with E-state index in [1.165, 1.54) is 6.07 Å². The standard InChI is InChI=1S/C24H28N2O3/c1-15(2)12-21-23(24(28)25-20-10-6-8-16(3)18(20)5)22(27)13-17(4)26(21)14-19-9-7-11-29-19/h6-11,13,15H,12,14H2,1-5H3,(H,25,28). The largest absolute Gasteiger partial charge is 0.467 e. The molecule has 0 aliphatic rings. The predicted molar refractivity (Wildman–Crippen MR) is 116 cm³/mol. The number of rotatable bonds is 6. The van der Waals surface area contributed by atoms with Gasteiger partial charge >= 0.3 is 0 Å². The Kier molecular flexibility index (Phi) is 6.06. The van der Waals surface area contributed by atoms with E-state index in [0.717, 1.165) is 34.0 Å². The van der Waals surface area contributed by atoms with Crippen molar-refractivity contribution in [1.29, 1.82) is 0 Å². The molecule has 152 valence electrons. The lowest BCUT2D eigenvalue weighted by atomic mass is 10.00. The van der Waals surface area contributed by atoms with Gasteiger partial charge in [-0.2, -0.15) is 0 Å². The van der Waals surface area contributed by atoms with Crippen LogP contribution in [0.2, 0.25) is 0 Å². The molecular weight excluding hydrogens is 364 g/mol. The number of aromatic nitrogens is 1. The van der Waals surface area contributed by atoms with Crippen LogP contribution in [-0.2, 0) is 13.0 Å². The summed E-state index contributed by atoms with van der Waals surface area (Å²) in [7, 11) is 0. The molecular formula is C24H28N2O3. The van der Waals surface area contributed by atoms with E-state index >= 15 is 0 Å². The molecule has 0 aliphatic carbocycles. The summed E-state index contributed by atoms with van der Waals surface area (Å²) in [6, 6.07) is 11.0. The number of anilines is 1. The van der Waals surface area contributed by atoms with E-state index in [9.17, 15) is 9.59 Å². The van der Waals surface area contributed by atoms with E-state index in [2.05, 4.69) is 19.2 Å². The molecule has 0 fully saturated rings. The summed E-state index contributed by atoms with van der Waals surface area (Å²) in [5, 5.41) is 2.95. The Balaban J connectivity index is 2.09. The first-order chi connectivity index (χ1) is 13.8. The average Bonchev–Trinajstić information content (AvgIpc) is 3.15. The Morgan fingerprint density at radius 2 is 1.90 bits per heavy atom. The Labute approximate surface area is 171 Å². The van der Waals surface area contributed by atoms with Crippen molar-refractivity contribution in [2.75, 3.05) is 5.32 Å². The lowest BCUT2D eigenvalue weighted by Crippen LogP contribution is -2.29. The monoisotopic (exact) mass is 392 g/mol. The van der Waals surface area contributed by atoms with Crippen LogP contribution in [-0.4, -0.2) is 10.5 Å². The Bertz CT molecular complexity index is 1080. The molecule has 2 aromatic heterocycles. The fourth-order valence-corrected chi connectivity index (χ4v) is 3.52. The molecule has 0 radical (unpaired) electrons. The van der Waals surface area contributed by atoms with Gasteiger partial charge in [-0.15, -0.1) is 0 Å². The molecule has 0 atom stereocenters. The van der Waals surface area contributed by atoms with Crippen molar-refractivity contribution in [3.8, 4) is 0 Å². The number of carbonyl (C=O) groups excluding carboxylic acids is 1. The highest BCUT2D eigenvalue weighted by atomic mass is 16.3. The van der Waals surface area contributed by atoms with Crippen LogP contribution in [0.25, 0.3) is 0 Å². The first kappa shape index (κ1) is 20.6. The van der Waals surface area contributed by atoms with Crippen LogP contribution in [0, 0.1) is 26.7 Å². The van der Waals surface area contributed by atoms with Crippen LogP contribution >= 0.6 is 0 Å². The number of furan rings is 1. The van der Waals surface area contributed by atoms with Crippen LogP contribution in [0.3, 0.4) is 0 Å². The van der Waals surface area contributed by atoms with E-state index in [4.69, 9.17) is 4.42 Å². The lowest BCUT2D eigenvalue weighted by molar-refractivity contribution is 0.102. The highest BCUT2D eigenvalue weighted by molar-refractivity contribution is 6.05. The number of amides is 1. The maximum Gasteiger partial charge on any atom is 0.261 e. The van der Waals surface area contributed by atoms with E-state index in [0.29, 0.717) is 13.0 Å². The van der Waals surface area contributed by atoms with E-state index < -0.39 is 0 Å². The molecule has 0 spiro atoms. The molecule has 0 unspecified atom stereocenters. The predicted octanol–water partition coefficient (Wildman–Crippen LogP) is 4.87. The fraction of sp³-hybridized carbons (Fsp3) is 0.333. The molecule has 0 saturated heterocycles. The van der Waals surface area contributed by atoms with Crippen LogP contribution in [0.4, 0.5) is 5.69 Å². The van der Waals surface area contributed by atoms with E-state index in [1.54, 1.807) is 6.26 Å². The minimum atomic E-state index is -0.368. The van der Waals surface area contributed by atoms with Gasteiger partial charge in [0.25, 0.3) is 5.91 Å². The maximum absolute atomic E-state index is 13.2. The average molecular weight is 392 g/mol. The van der Waals surface area contributed by atoms with Crippen molar-refractivity contribution < 1.29 is 9.21 Å². The summed E-state index contributed by atoms with van der Waals surface area (Å²) >= 11 is 0. The van der Waals surface area contributed by atoms with E-state index in [-0.39, 0.29) is 22.8 Å². The zero-order chi connectivity index (χ0) is 21.1. The van der Waals surface area contributed by atoms with Crippen molar-refractivity contribution in [2.45, 2.75) is 47.6 Å². The van der Waals surface area contributed by atoms with Gasteiger partial charge in [0.1, 0.15) is 11.3 Å². The number of hydrogen-bond acceptors (Lipinski definition) is 3. The first-order valence-corrected chi connectivity index (χ1v) is 9.91. The minimum Gasteiger partial charge on any atom is -0.467 e. The number of hydrogen-bond donors (Lipinski definition) is 1. The van der Waals surface area contributed by atoms with Gasteiger partial charge in [0.15, 0.2) is 5.43 Å². The molecule has 3 rings (SSSR count). The number of carbonyl (C=O) groups is 1.